The second-order valence-electron chi connectivity index (χ2n) is 7.07. The van der Waals surface area contributed by atoms with E-state index in [0.717, 1.165) is 64.5 Å². The number of carbonyl (C=O) groups is 1. The Kier molecular flexibility index (Phi) is 6.07. The number of nitrogens with zero attached hydrogens (tertiary/aromatic N) is 4. The average molecular weight is 330 g/mol. The zero-order valence-corrected chi connectivity index (χ0v) is 14.9. The lowest BCUT2D eigenvalue weighted by Gasteiger charge is -2.39. The summed E-state index contributed by atoms with van der Waals surface area (Å²) < 4.78 is 0. The van der Waals surface area contributed by atoms with Gasteiger partial charge in [-0.25, -0.2) is 4.98 Å². The first-order valence-corrected chi connectivity index (χ1v) is 9.42. The number of hydrogen-bond acceptors (Lipinski definition) is 4. The summed E-state index contributed by atoms with van der Waals surface area (Å²) in [4.78, 5) is 23.6. The lowest BCUT2D eigenvalue weighted by atomic mass is 9.96. The van der Waals surface area contributed by atoms with E-state index in [0.29, 0.717) is 18.2 Å². The van der Waals surface area contributed by atoms with E-state index in [-0.39, 0.29) is 0 Å². The molecule has 1 aromatic heterocycles. The molecule has 5 heteroatoms. The minimum atomic E-state index is 0.349. The molecule has 0 aliphatic carbocycles. The third-order valence-corrected chi connectivity index (χ3v) is 5.20. The zero-order valence-electron chi connectivity index (χ0n) is 14.9. The van der Waals surface area contributed by atoms with Gasteiger partial charge < -0.3 is 9.80 Å². The molecule has 2 aliphatic rings. The fraction of sp³-hybridized carbons (Fsp3) is 0.684. The SMILES string of the molecule is CCCC(=O)N1CCCC(CN2CCN(c3ccccn3)CC2)C1. The fourth-order valence-electron chi connectivity index (χ4n) is 3.88. The van der Waals surface area contributed by atoms with Crippen LogP contribution in [0, 0.1) is 5.92 Å². The molecule has 0 spiro atoms. The molecule has 1 aromatic rings. The summed E-state index contributed by atoms with van der Waals surface area (Å²) in [6.07, 6.45) is 5.95. The second-order valence-corrected chi connectivity index (χ2v) is 7.07. The highest BCUT2D eigenvalue weighted by Gasteiger charge is 2.26. The predicted octanol–water partition coefficient (Wildman–Crippen LogP) is 2.24. The van der Waals surface area contributed by atoms with Gasteiger partial charge in [-0.15, -0.1) is 0 Å². The summed E-state index contributed by atoms with van der Waals surface area (Å²) in [5, 5.41) is 0. The summed E-state index contributed by atoms with van der Waals surface area (Å²) in [5.41, 5.74) is 0. The van der Waals surface area contributed by atoms with E-state index in [1.54, 1.807) is 0 Å². The standard InChI is InChI=1S/C19H30N4O/c1-2-6-19(24)23-10-5-7-17(16-23)15-21-11-13-22(14-12-21)18-8-3-4-9-20-18/h3-4,8-9,17H,2,5-7,10-16H2,1H3. The molecule has 3 heterocycles. The van der Waals surface area contributed by atoms with Crippen LogP contribution in [0.3, 0.4) is 0 Å². The predicted molar refractivity (Wildman–Crippen MR) is 97.1 cm³/mol. The summed E-state index contributed by atoms with van der Waals surface area (Å²) in [6.45, 7) is 9.41. The van der Waals surface area contributed by atoms with Crippen molar-refractivity contribution < 1.29 is 4.79 Å². The van der Waals surface area contributed by atoms with E-state index in [1.165, 1.54) is 6.42 Å². The molecule has 24 heavy (non-hydrogen) atoms. The third-order valence-electron chi connectivity index (χ3n) is 5.20. The van der Waals surface area contributed by atoms with Gasteiger partial charge in [0, 0.05) is 58.4 Å². The maximum absolute atomic E-state index is 12.1. The third kappa shape index (κ3) is 4.47. The Balaban J connectivity index is 1.45. The Hall–Kier alpha value is -1.62. The zero-order chi connectivity index (χ0) is 16.8. The quantitative estimate of drug-likeness (QED) is 0.830. The van der Waals surface area contributed by atoms with E-state index in [1.807, 2.05) is 12.3 Å². The molecule has 0 aromatic carbocycles. The number of rotatable bonds is 5. The largest absolute Gasteiger partial charge is 0.354 e. The smallest absolute Gasteiger partial charge is 0.222 e. The van der Waals surface area contributed by atoms with Gasteiger partial charge in [0.25, 0.3) is 0 Å². The fourth-order valence-corrected chi connectivity index (χ4v) is 3.88. The normalized spacial score (nSPS) is 22.6. The Morgan fingerprint density at radius 2 is 2.04 bits per heavy atom. The topological polar surface area (TPSA) is 39.7 Å². The van der Waals surface area contributed by atoms with Crippen molar-refractivity contribution in [1.82, 2.24) is 14.8 Å². The molecular formula is C19H30N4O. The number of amides is 1. The van der Waals surface area contributed by atoms with Gasteiger partial charge in [-0.05, 0) is 37.3 Å². The molecule has 0 bridgehead atoms. The van der Waals surface area contributed by atoms with E-state index in [9.17, 15) is 4.79 Å². The van der Waals surface area contributed by atoms with Crippen LogP contribution in [0.2, 0.25) is 0 Å². The van der Waals surface area contributed by atoms with Crippen LogP contribution in [0.25, 0.3) is 0 Å². The number of aromatic nitrogens is 1. The summed E-state index contributed by atoms with van der Waals surface area (Å²) in [6, 6.07) is 6.11. The van der Waals surface area contributed by atoms with Gasteiger partial charge in [0.1, 0.15) is 5.82 Å². The van der Waals surface area contributed by atoms with Crippen molar-refractivity contribution >= 4 is 11.7 Å². The second kappa shape index (κ2) is 8.47. The minimum absolute atomic E-state index is 0.349. The van der Waals surface area contributed by atoms with Crippen LogP contribution >= 0.6 is 0 Å². The van der Waals surface area contributed by atoms with Crippen molar-refractivity contribution in [2.45, 2.75) is 32.6 Å². The van der Waals surface area contributed by atoms with Crippen LogP contribution in [0.5, 0.6) is 0 Å². The number of likely N-dealkylation sites (tertiary alicyclic amines) is 1. The van der Waals surface area contributed by atoms with E-state index in [2.05, 4.69) is 38.7 Å². The Morgan fingerprint density at radius 1 is 1.21 bits per heavy atom. The van der Waals surface area contributed by atoms with E-state index in [4.69, 9.17) is 0 Å². The molecule has 2 aliphatic heterocycles. The van der Waals surface area contributed by atoms with Crippen LogP contribution in [-0.2, 0) is 4.79 Å². The molecule has 1 atom stereocenters. The average Bonchev–Trinajstić information content (AvgIpc) is 2.63. The van der Waals surface area contributed by atoms with Crippen LogP contribution in [0.15, 0.2) is 24.4 Å². The number of carbonyl (C=O) groups excluding carboxylic acids is 1. The number of piperazine rings is 1. The molecule has 2 fully saturated rings. The monoisotopic (exact) mass is 330 g/mol. The number of hydrogen-bond donors (Lipinski definition) is 0. The molecule has 1 amide bonds. The number of piperidine rings is 1. The molecule has 5 nitrogen and oxygen atoms in total. The summed E-state index contributed by atoms with van der Waals surface area (Å²) in [5.74, 6) is 2.08. The van der Waals surface area contributed by atoms with Gasteiger partial charge >= 0.3 is 0 Å². The van der Waals surface area contributed by atoms with Crippen molar-refractivity contribution in [3.05, 3.63) is 24.4 Å². The van der Waals surface area contributed by atoms with Gasteiger partial charge in [0.15, 0.2) is 0 Å². The highest BCUT2D eigenvalue weighted by Crippen LogP contribution is 2.20. The van der Waals surface area contributed by atoms with Crippen molar-refractivity contribution in [1.29, 1.82) is 0 Å². The Morgan fingerprint density at radius 3 is 2.75 bits per heavy atom. The van der Waals surface area contributed by atoms with Gasteiger partial charge in [-0.3, -0.25) is 9.69 Å². The van der Waals surface area contributed by atoms with E-state index < -0.39 is 0 Å². The van der Waals surface area contributed by atoms with Gasteiger partial charge in [-0.2, -0.15) is 0 Å². The highest BCUT2D eigenvalue weighted by molar-refractivity contribution is 5.76. The van der Waals surface area contributed by atoms with Crippen molar-refractivity contribution in [3.63, 3.8) is 0 Å². The number of anilines is 1. The first-order valence-electron chi connectivity index (χ1n) is 9.42. The van der Waals surface area contributed by atoms with Gasteiger partial charge in [0.2, 0.25) is 5.91 Å². The molecule has 2 saturated heterocycles. The lowest BCUT2D eigenvalue weighted by molar-refractivity contribution is -0.133. The highest BCUT2D eigenvalue weighted by atomic mass is 16.2. The lowest BCUT2D eigenvalue weighted by Crippen LogP contribution is -2.50. The van der Waals surface area contributed by atoms with Crippen LogP contribution in [0.4, 0.5) is 5.82 Å². The Labute approximate surface area is 145 Å². The molecule has 3 rings (SSSR count). The minimum Gasteiger partial charge on any atom is -0.354 e. The van der Waals surface area contributed by atoms with E-state index >= 15 is 0 Å². The maximum atomic E-state index is 12.1. The first-order chi connectivity index (χ1) is 11.8. The number of pyridine rings is 1. The van der Waals surface area contributed by atoms with Crippen molar-refractivity contribution in [3.8, 4) is 0 Å². The molecule has 1 unspecified atom stereocenters. The van der Waals surface area contributed by atoms with Crippen molar-refractivity contribution in [2.75, 3.05) is 50.7 Å². The maximum Gasteiger partial charge on any atom is 0.222 e. The van der Waals surface area contributed by atoms with Crippen molar-refractivity contribution in [2.24, 2.45) is 5.92 Å². The van der Waals surface area contributed by atoms with Crippen LogP contribution in [-0.4, -0.2) is 66.5 Å². The van der Waals surface area contributed by atoms with Crippen LogP contribution < -0.4 is 4.90 Å². The molecule has 132 valence electrons. The molecular weight excluding hydrogens is 300 g/mol. The first kappa shape index (κ1) is 17.2. The summed E-state index contributed by atoms with van der Waals surface area (Å²) >= 11 is 0. The Bertz CT molecular complexity index is 513. The molecule has 0 saturated carbocycles. The van der Waals surface area contributed by atoms with Crippen LogP contribution in [0.1, 0.15) is 32.6 Å². The summed E-state index contributed by atoms with van der Waals surface area (Å²) in [7, 11) is 0. The molecule has 0 radical (unpaired) electrons. The van der Waals surface area contributed by atoms with Gasteiger partial charge in [0.05, 0.1) is 0 Å². The molecule has 0 N–H and O–H groups in total. The van der Waals surface area contributed by atoms with Gasteiger partial charge in [-0.1, -0.05) is 13.0 Å².